The Kier molecular flexibility index (Phi) is 4.36. The van der Waals surface area contributed by atoms with Gasteiger partial charge in [-0.25, -0.2) is 0 Å². The zero-order chi connectivity index (χ0) is 13.0. The minimum Gasteiger partial charge on any atom is -0.391 e. The number of aliphatic hydroxyl groups excluding tert-OH is 1. The molecule has 0 saturated heterocycles. The fourth-order valence-electron chi connectivity index (χ4n) is 2.39. The minimum absolute atomic E-state index is 0.0790. The second-order valence-electron chi connectivity index (χ2n) is 4.98. The Balaban J connectivity index is 1.93. The molecule has 1 aromatic heterocycles. The molecule has 3 unspecified atom stereocenters. The van der Waals surface area contributed by atoms with Crippen LogP contribution in [0.4, 0.5) is 0 Å². The van der Waals surface area contributed by atoms with Crippen LogP contribution in [-0.4, -0.2) is 32.9 Å². The Morgan fingerprint density at radius 2 is 2.22 bits per heavy atom. The van der Waals surface area contributed by atoms with Crippen molar-refractivity contribution in [2.75, 3.05) is 0 Å². The van der Waals surface area contributed by atoms with Gasteiger partial charge in [0.25, 0.3) is 0 Å². The predicted molar refractivity (Wildman–Crippen MR) is 68.0 cm³/mol. The number of hydrogen-bond donors (Lipinski definition) is 2. The van der Waals surface area contributed by atoms with Crippen LogP contribution in [0.2, 0.25) is 0 Å². The van der Waals surface area contributed by atoms with E-state index in [-0.39, 0.29) is 18.0 Å². The molecular formula is C13H21N3O2. The summed E-state index contributed by atoms with van der Waals surface area (Å²) in [5.41, 5.74) is 0. The first-order valence-electron chi connectivity index (χ1n) is 6.66. The lowest BCUT2D eigenvalue weighted by atomic mass is 10.1. The van der Waals surface area contributed by atoms with Crippen molar-refractivity contribution >= 4 is 5.91 Å². The summed E-state index contributed by atoms with van der Waals surface area (Å²) in [7, 11) is 0. The molecule has 0 radical (unpaired) electrons. The van der Waals surface area contributed by atoms with Crippen LogP contribution >= 0.6 is 0 Å². The van der Waals surface area contributed by atoms with Crippen molar-refractivity contribution in [3.63, 3.8) is 0 Å². The number of nitrogens with zero attached hydrogens (tertiary/aromatic N) is 2. The maximum Gasteiger partial charge on any atom is 0.244 e. The molecule has 1 heterocycles. The van der Waals surface area contributed by atoms with E-state index < -0.39 is 6.10 Å². The molecule has 100 valence electrons. The number of hydrogen-bond acceptors (Lipinski definition) is 3. The van der Waals surface area contributed by atoms with E-state index in [1.807, 2.05) is 6.92 Å². The number of aliphatic hydroxyl groups is 1. The van der Waals surface area contributed by atoms with Gasteiger partial charge in [-0.3, -0.25) is 9.48 Å². The molecule has 0 spiro atoms. The van der Waals surface area contributed by atoms with Gasteiger partial charge in [-0.1, -0.05) is 19.3 Å². The van der Waals surface area contributed by atoms with Crippen molar-refractivity contribution in [1.29, 1.82) is 0 Å². The Morgan fingerprint density at radius 3 is 2.94 bits per heavy atom. The zero-order valence-electron chi connectivity index (χ0n) is 10.7. The Hall–Kier alpha value is -1.36. The van der Waals surface area contributed by atoms with Crippen LogP contribution in [0.15, 0.2) is 18.5 Å². The maximum absolute atomic E-state index is 12.1. The summed E-state index contributed by atoms with van der Waals surface area (Å²) < 4.78 is 1.62. The molecular weight excluding hydrogens is 230 g/mol. The fourth-order valence-corrected chi connectivity index (χ4v) is 2.39. The summed E-state index contributed by atoms with van der Waals surface area (Å²) in [4.78, 5) is 12.1. The van der Waals surface area contributed by atoms with Gasteiger partial charge in [0.1, 0.15) is 6.04 Å². The van der Waals surface area contributed by atoms with Crippen LogP contribution in [0.1, 0.15) is 45.1 Å². The first kappa shape index (κ1) is 13.1. The SMILES string of the molecule is CC(C(=O)NC1CCCCCC1O)n1cccn1. The second kappa shape index (κ2) is 6.00. The van der Waals surface area contributed by atoms with Gasteiger partial charge in [0.2, 0.25) is 5.91 Å². The highest BCUT2D eigenvalue weighted by molar-refractivity contribution is 5.80. The van der Waals surface area contributed by atoms with E-state index in [0.717, 1.165) is 32.1 Å². The number of rotatable bonds is 3. The molecule has 5 nitrogen and oxygen atoms in total. The van der Waals surface area contributed by atoms with Crippen molar-refractivity contribution in [3.8, 4) is 0 Å². The highest BCUT2D eigenvalue weighted by Crippen LogP contribution is 2.18. The summed E-state index contributed by atoms with van der Waals surface area (Å²) in [5, 5.41) is 17.0. The van der Waals surface area contributed by atoms with Crippen molar-refractivity contribution < 1.29 is 9.90 Å². The number of nitrogens with one attached hydrogen (secondary N) is 1. The summed E-state index contributed by atoms with van der Waals surface area (Å²) in [6, 6.07) is 1.35. The lowest BCUT2D eigenvalue weighted by Crippen LogP contribution is -2.45. The molecule has 1 fully saturated rings. The van der Waals surface area contributed by atoms with Gasteiger partial charge in [0, 0.05) is 12.4 Å². The Morgan fingerprint density at radius 1 is 1.44 bits per heavy atom. The molecule has 1 saturated carbocycles. The van der Waals surface area contributed by atoms with E-state index in [1.165, 1.54) is 0 Å². The van der Waals surface area contributed by atoms with Gasteiger partial charge < -0.3 is 10.4 Å². The van der Waals surface area contributed by atoms with Crippen LogP contribution in [0.3, 0.4) is 0 Å². The normalized spacial score (nSPS) is 26.3. The summed E-state index contributed by atoms with van der Waals surface area (Å²) in [6.07, 6.45) is 7.90. The summed E-state index contributed by atoms with van der Waals surface area (Å²) in [5.74, 6) is -0.0790. The number of carbonyl (C=O) groups is 1. The van der Waals surface area contributed by atoms with Gasteiger partial charge in [-0.2, -0.15) is 5.10 Å². The molecule has 2 rings (SSSR count). The third kappa shape index (κ3) is 3.10. The fraction of sp³-hybridized carbons (Fsp3) is 0.692. The van der Waals surface area contributed by atoms with Gasteiger partial charge in [0.05, 0.1) is 12.1 Å². The molecule has 0 bridgehead atoms. The second-order valence-corrected chi connectivity index (χ2v) is 4.98. The molecule has 1 aliphatic carbocycles. The lowest BCUT2D eigenvalue weighted by Gasteiger charge is -2.23. The topological polar surface area (TPSA) is 67.2 Å². The maximum atomic E-state index is 12.1. The largest absolute Gasteiger partial charge is 0.391 e. The number of carbonyl (C=O) groups excluding carboxylic acids is 1. The zero-order valence-corrected chi connectivity index (χ0v) is 10.7. The molecule has 2 N–H and O–H groups in total. The van der Waals surface area contributed by atoms with E-state index in [2.05, 4.69) is 10.4 Å². The molecule has 3 atom stereocenters. The van der Waals surface area contributed by atoms with E-state index in [9.17, 15) is 9.90 Å². The molecule has 0 aromatic carbocycles. The van der Waals surface area contributed by atoms with E-state index in [4.69, 9.17) is 0 Å². The van der Waals surface area contributed by atoms with Gasteiger partial charge in [0.15, 0.2) is 0 Å². The number of aromatic nitrogens is 2. The van der Waals surface area contributed by atoms with E-state index in [0.29, 0.717) is 0 Å². The first-order valence-corrected chi connectivity index (χ1v) is 6.66. The lowest BCUT2D eigenvalue weighted by molar-refractivity contribution is -0.125. The van der Waals surface area contributed by atoms with Crippen molar-refractivity contribution in [2.45, 2.75) is 57.2 Å². The average molecular weight is 251 g/mol. The molecule has 5 heteroatoms. The standard InChI is InChI=1S/C13H21N3O2/c1-10(16-9-5-8-14-16)13(18)15-11-6-3-2-4-7-12(11)17/h5,8-12,17H,2-4,6-7H2,1H3,(H,15,18). The Bertz CT molecular complexity index is 378. The summed E-state index contributed by atoms with van der Waals surface area (Å²) >= 11 is 0. The first-order chi connectivity index (χ1) is 8.68. The smallest absolute Gasteiger partial charge is 0.244 e. The molecule has 1 amide bonds. The van der Waals surface area contributed by atoms with Crippen LogP contribution in [0.25, 0.3) is 0 Å². The average Bonchev–Trinajstić information content (AvgIpc) is 2.82. The van der Waals surface area contributed by atoms with Crippen LogP contribution in [0.5, 0.6) is 0 Å². The third-order valence-electron chi connectivity index (χ3n) is 3.61. The van der Waals surface area contributed by atoms with E-state index in [1.54, 1.807) is 23.1 Å². The molecule has 18 heavy (non-hydrogen) atoms. The van der Waals surface area contributed by atoms with Crippen molar-refractivity contribution in [3.05, 3.63) is 18.5 Å². The number of amides is 1. The van der Waals surface area contributed by atoms with Crippen LogP contribution in [0, 0.1) is 0 Å². The van der Waals surface area contributed by atoms with Crippen molar-refractivity contribution in [2.24, 2.45) is 0 Å². The van der Waals surface area contributed by atoms with Crippen LogP contribution in [-0.2, 0) is 4.79 Å². The monoisotopic (exact) mass is 251 g/mol. The summed E-state index contributed by atoms with van der Waals surface area (Å²) in [6.45, 7) is 1.81. The molecule has 0 aliphatic heterocycles. The van der Waals surface area contributed by atoms with E-state index >= 15 is 0 Å². The van der Waals surface area contributed by atoms with Gasteiger partial charge >= 0.3 is 0 Å². The quantitative estimate of drug-likeness (QED) is 0.795. The van der Waals surface area contributed by atoms with Crippen molar-refractivity contribution in [1.82, 2.24) is 15.1 Å². The van der Waals surface area contributed by atoms with Crippen LogP contribution < -0.4 is 5.32 Å². The molecule has 1 aromatic rings. The predicted octanol–water partition coefficient (Wildman–Crippen LogP) is 1.25. The van der Waals surface area contributed by atoms with Gasteiger partial charge in [-0.15, -0.1) is 0 Å². The highest BCUT2D eigenvalue weighted by Gasteiger charge is 2.25. The third-order valence-corrected chi connectivity index (χ3v) is 3.61. The Labute approximate surface area is 107 Å². The van der Waals surface area contributed by atoms with Gasteiger partial charge in [-0.05, 0) is 25.8 Å². The highest BCUT2D eigenvalue weighted by atomic mass is 16.3. The molecule has 1 aliphatic rings. The minimum atomic E-state index is -0.415.